The molecule has 2 N–H and O–H groups in total. The van der Waals surface area contributed by atoms with Crippen LogP contribution in [0.2, 0.25) is 0 Å². The quantitative estimate of drug-likeness (QED) is 0.337. The van der Waals surface area contributed by atoms with E-state index in [0.29, 0.717) is 0 Å². The summed E-state index contributed by atoms with van der Waals surface area (Å²) in [5, 5.41) is 13.0. The average molecular weight is 323 g/mol. The fraction of sp³-hybridized carbons (Fsp3) is 0.800. The second-order valence-corrected chi connectivity index (χ2v) is 6.74. The summed E-state index contributed by atoms with van der Waals surface area (Å²) in [6.07, 6.45) is 24.1. The van der Waals surface area contributed by atoms with Crippen LogP contribution in [0.3, 0.4) is 0 Å². The van der Waals surface area contributed by atoms with Gasteiger partial charge in [0.15, 0.2) is 0 Å². The molecule has 0 radical (unpaired) electrons. The monoisotopic (exact) mass is 322 g/mol. The first-order chi connectivity index (χ1) is 11.3. The largest absolute Gasteiger partial charge is 0.374 e. The second-order valence-electron chi connectivity index (χ2n) is 6.74. The van der Waals surface area contributed by atoms with E-state index in [9.17, 15) is 5.11 Å². The van der Waals surface area contributed by atoms with Crippen LogP contribution in [0, 0.1) is 0 Å². The summed E-state index contributed by atoms with van der Waals surface area (Å²) in [5.74, 6) is 0. The number of aliphatic hydroxyl groups excluding tert-OH is 1. The third kappa shape index (κ3) is 9.70. The van der Waals surface area contributed by atoms with Crippen molar-refractivity contribution in [2.24, 2.45) is 0 Å². The van der Waals surface area contributed by atoms with Crippen LogP contribution in [0.15, 0.2) is 24.6 Å². The fourth-order valence-corrected chi connectivity index (χ4v) is 3.10. The zero-order chi connectivity index (χ0) is 16.8. The average Bonchev–Trinajstić information content (AvgIpc) is 3.00. The minimum Gasteiger partial charge on any atom is -0.374 e. The number of hydrogen-bond donors (Lipinski definition) is 2. The first-order valence-corrected chi connectivity index (χ1v) is 9.79. The van der Waals surface area contributed by atoms with E-state index in [4.69, 9.17) is 0 Å². The Bertz CT molecular complexity index is 326. The van der Waals surface area contributed by atoms with Crippen molar-refractivity contribution in [1.29, 1.82) is 0 Å². The molecule has 0 amide bonds. The summed E-state index contributed by atoms with van der Waals surface area (Å²) in [6.45, 7) is 4.09. The van der Waals surface area contributed by atoms with Crippen molar-refractivity contribution in [3.63, 3.8) is 0 Å². The molecule has 0 saturated carbocycles. The third-order valence-corrected chi connectivity index (χ3v) is 4.57. The zero-order valence-corrected chi connectivity index (χ0v) is 15.3. The van der Waals surface area contributed by atoms with Gasteiger partial charge < -0.3 is 15.3 Å². The van der Waals surface area contributed by atoms with Crippen molar-refractivity contribution in [3.05, 3.63) is 24.6 Å². The van der Waals surface area contributed by atoms with E-state index in [0.717, 1.165) is 6.42 Å². The Morgan fingerprint density at radius 3 is 2.26 bits per heavy atom. The Labute approximate surface area is 143 Å². The molecule has 0 saturated heterocycles. The highest BCUT2D eigenvalue weighted by atomic mass is 16.3. The first-order valence-electron chi connectivity index (χ1n) is 9.79. The molecule has 1 rings (SSSR count). The predicted molar refractivity (Wildman–Crippen MR) is 99.8 cm³/mol. The molecule has 1 heterocycles. The van der Waals surface area contributed by atoms with Crippen molar-refractivity contribution in [3.8, 4) is 0 Å². The number of nitrogens with zero attached hydrogens (tertiary/aromatic N) is 1. The minimum absolute atomic E-state index is 0.283. The Balaban J connectivity index is 1.86. The van der Waals surface area contributed by atoms with Crippen LogP contribution in [0.1, 0.15) is 90.9 Å². The second kappa shape index (κ2) is 13.5. The summed E-state index contributed by atoms with van der Waals surface area (Å²) < 4.78 is 0. The topological polar surface area (TPSA) is 35.5 Å². The highest BCUT2D eigenvalue weighted by Gasteiger charge is 2.20. The van der Waals surface area contributed by atoms with E-state index < -0.39 is 6.23 Å². The molecule has 3 heteroatoms. The number of unbranched alkanes of at least 4 members (excludes halogenated alkanes) is 9. The van der Waals surface area contributed by atoms with Crippen LogP contribution in [0.5, 0.6) is 0 Å². The van der Waals surface area contributed by atoms with Crippen LogP contribution in [-0.4, -0.2) is 22.4 Å². The van der Waals surface area contributed by atoms with Crippen LogP contribution < -0.4 is 5.32 Å². The van der Waals surface area contributed by atoms with Crippen molar-refractivity contribution in [1.82, 2.24) is 10.2 Å². The van der Waals surface area contributed by atoms with E-state index in [2.05, 4.69) is 24.4 Å². The lowest BCUT2D eigenvalue weighted by atomic mass is 10.1. The van der Waals surface area contributed by atoms with Gasteiger partial charge in [0.2, 0.25) is 0 Å². The van der Waals surface area contributed by atoms with Crippen LogP contribution in [0.4, 0.5) is 0 Å². The highest BCUT2D eigenvalue weighted by molar-refractivity contribution is 4.94. The number of hydrogen-bond acceptors (Lipinski definition) is 3. The number of nitrogens with one attached hydrogen (secondary N) is 1. The molecule has 2 unspecified atom stereocenters. The molecule has 23 heavy (non-hydrogen) atoms. The lowest BCUT2D eigenvalue weighted by molar-refractivity contribution is 0.0254. The first kappa shape index (κ1) is 20.1. The summed E-state index contributed by atoms with van der Waals surface area (Å²) in [5.41, 5.74) is 0. The molecule has 1 aliphatic rings. The van der Waals surface area contributed by atoms with Crippen LogP contribution in [-0.2, 0) is 0 Å². The maximum Gasteiger partial charge on any atom is 0.125 e. The van der Waals surface area contributed by atoms with E-state index in [1.165, 1.54) is 70.6 Å². The molecule has 0 aromatic carbocycles. The summed E-state index contributed by atoms with van der Waals surface area (Å²) in [6, 6.07) is 0. The molecular formula is C20H38N2O. The SMILES string of the molecule is CCCCCC/C=C/CCCCCCCC1NC=CN1C(C)O. The Kier molecular flexibility index (Phi) is 11.8. The number of aliphatic hydroxyl groups is 1. The van der Waals surface area contributed by atoms with Crippen molar-refractivity contribution in [2.45, 2.75) is 103 Å². The van der Waals surface area contributed by atoms with Crippen LogP contribution >= 0.6 is 0 Å². The summed E-state index contributed by atoms with van der Waals surface area (Å²) in [4.78, 5) is 1.99. The normalized spacial score (nSPS) is 18.7. The van der Waals surface area contributed by atoms with Gasteiger partial charge >= 0.3 is 0 Å². The van der Waals surface area contributed by atoms with Crippen molar-refractivity contribution in [2.75, 3.05) is 0 Å². The summed E-state index contributed by atoms with van der Waals surface area (Å²) in [7, 11) is 0. The Morgan fingerprint density at radius 2 is 1.61 bits per heavy atom. The molecule has 3 nitrogen and oxygen atoms in total. The fourth-order valence-electron chi connectivity index (χ4n) is 3.10. The van der Waals surface area contributed by atoms with Gasteiger partial charge in [0, 0.05) is 12.4 Å². The molecule has 0 aromatic heterocycles. The highest BCUT2D eigenvalue weighted by Crippen LogP contribution is 2.16. The van der Waals surface area contributed by atoms with Gasteiger partial charge in [-0.1, -0.05) is 57.6 Å². The lowest BCUT2D eigenvalue weighted by Gasteiger charge is -2.28. The van der Waals surface area contributed by atoms with Gasteiger partial charge in [-0.2, -0.15) is 0 Å². The van der Waals surface area contributed by atoms with Gasteiger partial charge in [-0.3, -0.25) is 0 Å². The molecule has 1 aliphatic heterocycles. The predicted octanol–water partition coefficient (Wildman–Crippen LogP) is 5.28. The Hall–Kier alpha value is -0.960. The van der Waals surface area contributed by atoms with Gasteiger partial charge in [0.05, 0.1) is 0 Å². The van der Waals surface area contributed by atoms with E-state index in [1.54, 1.807) is 0 Å². The lowest BCUT2D eigenvalue weighted by Crippen LogP contribution is -2.40. The van der Waals surface area contributed by atoms with Crippen molar-refractivity contribution < 1.29 is 5.11 Å². The van der Waals surface area contributed by atoms with Crippen molar-refractivity contribution >= 4 is 0 Å². The molecule has 134 valence electrons. The standard InChI is InChI=1S/C20H38N2O/c1-3-4-5-6-7-8-9-10-11-12-13-14-15-16-20-21-17-18-22(20)19(2)23/h8-9,17-21,23H,3-7,10-16H2,1-2H3/b9-8+. The van der Waals surface area contributed by atoms with Gasteiger partial charge in [0.1, 0.15) is 12.4 Å². The molecule has 0 aliphatic carbocycles. The van der Waals surface area contributed by atoms with E-state index in [-0.39, 0.29) is 6.17 Å². The minimum atomic E-state index is -0.403. The molecule has 0 spiro atoms. The van der Waals surface area contributed by atoms with Gasteiger partial charge in [-0.25, -0.2) is 0 Å². The third-order valence-electron chi connectivity index (χ3n) is 4.57. The molecule has 0 aromatic rings. The van der Waals surface area contributed by atoms with E-state index in [1.807, 2.05) is 24.2 Å². The molecule has 2 atom stereocenters. The van der Waals surface area contributed by atoms with E-state index >= 15 is 0 Å². The Morgan fingerprint density at radius 1 is 1.00 bits per heavy atom. The number of allylic oxidation sites excluding steroid dienone is 2. The maximum absolute atomic E-state index is 9.65. The van der Waals surface area contributed by atoms with Gasteiger partial charge in [-0.05, 0) is 45.4 Å². The maximum atomic E-state index is 9.65. The van der Waals surface area contributed by atoms with Crippen LogP contribution in [0.25, 0.3) is 0 Å². The smallest absolute Gasteiger partial charge is 0.125 e. The zero-order valence-electron chi connectivity index (χ0n) is 15.3. The number of rotatable bonds is 14. The molecule has 0 fully saturated rings. The molecular weight excluding hydrogens is 284 g/mol. The molecule has 0 bridgehead atoms. The van der Waals surface area contributed by atoms with Gasteiger partial charge in [-0.15, -0.1) is 0 Å². The van der Waals surface area contributed by atoms with Gasteiger partial charge in [0.25, 0.3) is 0 Å². The summed E-state index contributed by atoms with van der Waals surface area (Å²) >= 11 is 0.